The summed E-state index contributed by atoms with van der Waals surface area (Å²) >= 11 is 6.12. The van der Waals surface area contributed by atoms with E-state index in [1.165, 1.54) is 12.1 Å². The lowest BCUT2D eigenvalue weighted by Gasteiger charge is -2.29. The van der Waals surface area contributed by atoms with Crippen LogP contribution >= 0.6 is 11.6 Å². The van der Waals surface area contributed by atoms with E-state index in [4.69, 9.17) is 16.3 Å². The first-order valence-corrected chi connectivity index (χ1v) is 8.32. The Bertz CT molecular complexity index is 756. The van der Waals surface area contributed by atoms with Gasteiger partial charge in [-0.25, -0.2) is 18.7 Å². The van der Waals surface area contributed by atoms with Crippen molar-refractivity contribution in [3.8, 4) is 0 Å². The molecule has 7 heteroatoms. The van der Waals surface area contributed by atoms with E-state index in [0.717, 1.165) is 11.1 Å². The van der Waals surface area contributed by atoms with Gasteiger partial charge in [0.15, 0.2) is 0 Å². The molecule has 0 N–H and O–H groups in total. The van der Waals surface area contributed by atoms with Crippen molar-refractivity contribution in [2.75, 3.05) is 24.6 Å². The maximum absolute atomic E-state index is 13.6. The molecular weight excluding hydrogens is 336 g/mol. The third-order valence-corrected chi connectivity index (χ3v) is 4.65. The molecule has 2 aliphatic heterocycles. The number of halogens is 3. The molecule has 0 amide bonds. The molecule has 1 unspecified atom stereocenters. The van der Waals surface area contributed by atoms with E-state index >= 15 is 0 Å². The highest BCUT2D eigenvalue weighted by Crippen LogP contribution is 2.37. The van der Waals surface area contributed by atoms with Crippen LogP contribution in [0.25, 0.3) is 0 Å². The normalized spacial score (nSPS) is 23.4. The van der Waals surface area contributed by atoms with E-state index in [9.17, 15) is 8.78 Å². The zero-order valence-electron chi connectivity index (χ0n) is 12.9. The minimum Gasteiger partial charge on any atom is -0.367 e. The highest BCUT2D eigenvalue weighted by molar-refractivity contribution is 6.28. The molecule has 2 aliphatic rings. The molecule has 1 saturated heterocycles. The predicted molar refractivity (Wildman–Crippen MR) is 86.7 cm³/mol. The van der Waals surface area contributed by atoms with Crippen LogP contribution in [0.3, 0.4) is 0 Å². The lowest BCUT2D eigenvalue weighted by atomic mass is 9.98. The number of hydrogen-bond donors (Lipinski definition) is 0. The van der Waals surface area contributed by atoms with Crippen molar-refractivity contribution in [2.45, 2.75) is 25.1 Å². The van der Waals surface area contributed by atoms with Crippen LogP contribution < -0.4 is 4.90 Å². The third kappa shape index (κ3) is 2.84. The molecule has 2 atom stereocenters. The monoisotopic (exact) mass is 351 g/mol. The standard InChI is InChI=1S/C17H16ClF2N3O/c18-17-21-14-13(16(22-17)23-7-5-12(20)9-23)6-8-24-15(14)10-1-3-11(19)4-2-10/h1-4,12,15H,5-9H2/t12-,15?/m0/s1. The number of ether oxygens (including phenoxy) is 1. The molecule has 0 saturated carbocycles. The summed E-state index contributed by atoms with van der Waals surface area (Å²) < 4.78 is 32.6. The van der Waals surface area contributed by atoms with Gasteiger partial charge in [-0.15, -0.1) is 0 Å². The second-order valence-corrected chi connectivity index (χ2v) is 6.40. The molecule has 1 aromatic heterocycles. The fourth-order valence-corrected chi connectivity index (χ4v) is 3.51. The minimum atomic E-state index is -0.845. The van der Waals surface area contributed by atoms with Crippen LogP contribution in [0.15, 0.2) is 24.3 Å². The first-order valence-electron chi connectivity index (χ1n) is 7.94. The number of anilines is 1. The van der Waals surface area contributed by atoms with Gasteiger partial charge in [-0.2, -0.15) is 0 Å². The summed E-state index contributed by atoms with van der Waals surface area (Å²) in [5.41, 5.74) is 2.43. The number of hydrogen-bond acceptors (Lipinski definition) is 4. The second-order valence-electron chi connectivity index (χ2n) is 6.06. The van der Waals surface area contributed by atoms with Gasteiger partial charge >= 0.3 is 0 Å². The smallest absolute Gasteiger partial charge is 0.224 e. The van der Waals surface area contributed by atoms with Gasteiger partial charge in [0.25, 0.3) is 0 Å². The molecule has 126 valence electrons. The molecule has 24 heavy (non-hydrogen) atoms. The van der Waals surface area contributed by atoms with E-state index in [0.29, 0.717) is 44.0 Å². The van der Waals surface area contributed by atoms with Crippen molar-refractivity contribution in [1.29, 1.82) is 0 Å². The van der Waals surface area contributed by atoms with E-state index < -0.39 is 12.3 Å². The lowest BCUT2D eigenvalue weighted by molar-refractivity contribution is 0.0662. The third-order valence-electron chi connectivity index (χ3n) is 4.48. The topological polar surface area (TPSA) is 38.3 Å². The summed E-state index contributed by atoms with van der Waals surface area (Å²) in [5, 5.41) is 0.115. The van der Waals surface area contributed by atoms with Crippen LogP contribution in [-0.2, 0) is 11.2 Å². The fourth-order valence-electron chi connectivity index (χ4n) is 3.34. The highest BCUT2D eigenvalue weighted by Gasteiger charge is 2.32. The zero-order valence-corrected chi connectivity index (χ0v) is 13.6. The molecule has 0 spiro atoms. The average molecular weight is 352 g/mol. The van der Waals surface area contributed by atoms with Crippen molar-refractivity contribution in [3.63, 3.8) is 0 Å². The first kappa shape index (κ1) is 15.7. The maximum atomic E-state index is 13.6. The molecule has 0 radical (unpaired) electrons. The van der Waals surface area contributed by atoms with Gasteiger partial charge in [0.1, 0.15) is 23.9 Å². The molecule has 4 rings (SSSR count). The van der Waals surface area contributed by atoms with Crippen LogP contribution in [0.1, 0.15) is 29.3 Å². The Morgan fingerprint density at radius 3 is 2.71 bits per heavy atom. The molecule has 0 aliphatic carbocycles. The SMILES string of the molecule is Fc1ccc(C2OCCc3c2nc(Cl)nc3N2CC[C@H](F)C2)cc1. The summed E-state index contributed by atoms with van der Waals surface area (Å²) in [6.45, 7) is 1.44. The predicted octanol–water partition coefficient (Wildman–Crippen LogP) is 3.48. The average Bonchev–Trinajstić information content (AvgIpc) is 3.01. The fraction of sp³-hybridized carbons (Fsp3) is 0.412. The molecule has 1 fully saturated rings. The zero-order chi connectivity index (χ0) is 16.7. The number of nitrogens with zero attached hydrogens (tertiary/aromatic N) is 3. The maximum Gasteiger partial charge on any atom is 0.224 e. The summed E-state index contributed by atoms with van der Waals surface area (Å²) in [5.74, 6) is 0.391. The minimum absolute atomic E-state index is 0.115. The quantitative estimate of drug-likeness (QED) is 0.776. The van der Waals surface area contributed by atoms with Crippen molar-refractivity contribution in [2.24, 2.45) is 0 Å². The van der Waals surface area contributed by atoms with Crippen molar-refractivity contribution >= 4 is 17.4 Å². The number of aromatic nitrogens is 2. The Balaban J connectivity index is 1.77. The number of benzene rings is 1. The summed E-state index contributed by atoms with van der Waals surface area (Å²) in [6.07, 6.45) is -0.124. The van der Waals surface area contributed by atoms with E-state index in [1.807, 2.05) is 4.90 Å². The Labute approximate surface area is 143 Å². The lowest BCUT2D eigenvalue weighted by Crippen LogP contribution is -2.27. The van der Waals surface area contributed by atoms with Crippen LogP contribution in [-0.4, -0.2) is 35.8 Å². The molecular formula is C17H16ClF2N3O. The van der Waals surface area contributed by atoms with Crippen LogP contribution in [0.5, 0.6) is 0 Å². The highest BCUT2D eigenvalue weighted by atomic mass is 35.5. The van der Waals surface area contributed by atoms with Gasteiger partial charge in [-0.1, -0.05) is 12.1 Å². The van der Waals surface area contributed by atoms with Gasteiger partial charge in [0.2, 0.25) is 5.28 Å². The number of fused-ring (bicyclic) bond motifs is 1. The molecule has 0 bridgehead atoms. The first-order chi connectivity index (χ1) is 11.6. The van der Waals surface area contributed by atoms with Gasteiger partial charge in [0.05, 0.1) is 18.8 Å². The van der Waals surface area contributed by atoms with E-state index in [1.54, 1.807) is 12.1 Å². The van der Waals surface area contributed by atoms with Gasteiger partial charge < -0.3 is 9.64 Å². The Hall–Kier alpha value is -1.79. The van der Waals surface area contributed by atoms with Gasteiger partial charge in [-0.05, 0) is 35.7 Å². The van der Waals surface area contributed by atoms with Gasteiger partial charge in [0, 0.05) is 18.5 Å². The summed E-state index contributed by atoms with van der Waals surface area (Å²) in [7, 11) is 0. The number of alkyl halides is 1. The Morgan fingerprint density at radius 1 is 1.21 bits per heavy atom. The Morgan fingerprint density at radius 2 is 2.00 bits per heavy atom. The second kappa shape index (κ2) is 6.26. The van der Waals surface area contributed by atoms with Crippen molar-refractivity contribution in [3.05, 3.63) is 52.2 Å². The van der Waals surface area contributed by atoms with E-state index in [-0.39, 0.29) is 11.1 Å². The summed E-state index contributed by atoms with van der Waals surface area (Å²) in [6, 6.07) is 6.15. The van der Waals surface area contributed by atoms with Crippen molar-refractivity contribution < 1.29 is 13.5 Å². The summed E-state index contributed by atoms with van der Waals surface area (Å²) in [4.78, 5) is 10.6. The van der Waals surface area contributed by atoms with Crippen LogP contribution in [0.4, 0.5) is 14.6 Å². The Kier molecular flexibility index (Phi) is 4.10. The van der Waals surface area contributed by atoms with Crippen LogP contribution in [0, 0.1) is 5.82 Å². The van der Waals surface area contributed by atoms with E-state index in [2.05, 4.69) is 9.97 Å². The molecule has 2 aromatic rings. The molecule has 3 heterocycles. The number of rotatable bonds is 2. The van der Waals surface area contributed by atoms with Crippen molar-refractivity contribution in [1.82, 2.24) is 9.97 Å². The molecule has 1 aromatic carbocycles. The van der Waals surface area contributed by atoms with Crippen LogP contribution in [0.2, 0.25) is 5.28 Å². The van der Waals surface area contributed by atoms with Gasteiger partial charge in [-0.3, -0.25) is 0 Å². The largest absolute Gasteiger partial charge is 0.367 e. The molecule has 4 nitrogen and oxygen atoms in total.